The van der Waals surface area contributed by atoms with Crippen molar-refractivity contribution in [3.05, 3.63) is 76.9 Å². The van der Waals surface area contributed by atoms with E-state index in [1.54, 1.807) is 7.05 Å². The number of rotatable bonds is 10. The molecule has 0 saturated heterocycles. The van der Waals surface area contributed by atoms with Crippen molar-refractivity contribution in [2.75, 3.05) is 25.1 Å². The van der Waals surface area contributed by atoms with Gasteiger partial charge < -0.3 is 14.7 Å². The van der Waals surface area contributed by atoms with E-state index in [1.807, 2.05) is 49.4 Å². The summed E-state index contributed by atoms with van der Waals surface area (Å²) in [6.07, 6.45) is -1.38. The van der Waals surface area contributed by atoms with Crippen LogP contribution in [0.25, 0.3) is 11.3 Å². The number of hydrogen-bond acceptors (Lipinski definition) is 4. The molecular weight excluding hydrogens is 481 g/mol. The van der Waals surface area contributed by atoms with Gasteiger partial charge in [-0.3, -0.25) is 4.79 Å². The molecule has 1 aliphatic carbocycles. The van der Waals surface area contributed by atoms with Crippen LogP contribution in [-0.4, -0.2) is 36.3 Å². The highest BCUT2D eigenvalue weighted by atomic mass is 19.4. The lowest BCUT2D eigenvalue weighted by Gasteiger charge is -2.23. The Bertz CT molecular complexity index is 1240. The SMILES string of the molecule is CCc1ccc(-c2ccc(C(F)(F)F)c(N(C)CCCOc3ccc4c(c3)CC[C@H]4CC(=O)O)n2)cc1. The van der Waals surface area contributed by atoms with Gasteiger partial charge in [0, 0.05) is 19.2 Å². The van der Waals surface area contributed by atoms with E-state index in [9.17, 15) is 18.0 Å². The Morgan fingerprint density at radius 1 is 1.14 bits per heavy atom. The van der Waals surface area contributed by atoms with Gasteiger partial charge in [-0.2, -0.15) is 13.2 Å². The molecule has 1 heterocycles. The summed E-state index contributed by atoms with van der Waals surface area (Å²) in [5, 5.41) is 9.08. The van der Waals surface area contributed by atoms with Crippen molar-refractivity contribution < 1.29 is 27.8 Å². The van der Waals surface area contributed by atoms with Gasteiger partial charge in [-0.1, -0.05) is 37.3 Å². The molecule has 1 aliphatic rings. The smallest absolute Gasteiger partial charge is 0.419 e. The number of carbonyl (C=O) groups is 1. The summed E-state index contributed by atoms with van der Waals surface area (Å²) in [6.45, 7) is 2.71. The standard InChI is InChI=1S/C29H31F3N2O3/c1-3-19-5-7-20(8-6-19)26-14-13-25(29(30,31)32)28(33-26)34(2)15-4-16-37-23-11-12-24-21(17-23)9-10-22(24)18-27(35)36/h5-8,11-14,17,22H,3-4,9-10,15-16,18H2,1-2H3,(H,35,36)/t22-/m0/s1. The van der Waals surface area contributed by atoms with Crippen LogP contribution in [0.4, 0.5) is 19.0 Å². The van der Waals surface area contributed by atoms with E-state index in [-0.39, 0.29) is 18.2 Å². The van der Waals surface area contributed by atoms with E-state index in [0.717, 1.165) is 47.6 Å². The summed E-state index contributed by atoms with van der Waals surface area (Å²) in [5.74, 6) is -0.188. The molecule has 4 rings (SSSR count). The lowest BCUT2D eigenvalue weighted by Crippen LogP contribution is -2.25. The monoisotopic (exact) mass is 512 g/mol. The molecule has 0 amide bonds. The van der Waals surface area contributed by atoms with Crippen molar-refractivity contribution in [1.82, 2.24) is 4.98 Å². The Hall–Kier alpha value is -3.55. The molecule has 0 fully saturated rings. The number of carboxylic acid groups (broad SMARTS) is 1. The minimum absolute atomic E-state index is 0.0332. The number of ether oxygens (including phenoxy) is 1. The number of aliphatic carboxylic acids is 1. The molecule has 1 aromatic heterocycles. The molecular formula is C29H31F3N2O3. The Kier molecular flexibility index (Phi) is 8.05. The summed E-state index contributed by atoms with van der Waals surface area (Å²) in [4.78, 5) is 17.0. The topological polar surface area (TPSA) is 62.7 Å². The second kappa shape index (κ2) is 11.2. The van der Waals surface area contributed by atoms with Crippen LogP contribution >= 0.6 is 0 Å². The van der Waals surface area contributed by atoms with Crippen LogP contribution in [-0.2, 0) is 23.8 Å². The minimum atomic E-state index is -4.51. The normalized spacial score (nSPS) is 14.9. The van der Waals surface area contributed by atoms with Crippen LogP contribution in [0, 0.1) is 0 Å². The summed E-state index contributed by atoms with van der Waals surface area (Å²) in [6, 6.07) is 15.9. The van der Waals surface area contributed by atoms with Crippen molar-refractivity contribution in [2.45, 2.75) is 51.1 Å². The highest BCUT2D eigenvalue weighted by Crippen LogP contribution is 2.38. The Balaban J connectivity index is 1.40. The molecule has 0 saturated carbocycles. The predicted octanol–water partition coefficient (Wildman–Crippen LogP) is 6.74. The summed E-state index contributed by atoms with van der Waals surface area (Å²) in [7, 11) is 1.61. The molecule has 37 heavy (non-hydrogen) atoms. The van der Waals surface area contributed by atoms with Crippen LogP contribution in [0.5, 0.6) is 5.75 Å². The van der Waals surface area contributed by atoms with E-state index in [2.05, 4.69) is 4.98 Å². The van der Waals surface area contributed by atoms with Crippen molar-refractivity contribution >= 4 is 11.8 Å². The van der Waals surface area contributed by atoms with Gasteiger partial charge in [0.05, 0.1) is 24.3 Å². The molecule has 0 radical (unpaired) electrons. The molecule has 0 bridgehead atoms. The van der Waals surface area contributed by atoms with Crippen LogP contribution in [0.15, 0.2) is 54.6 Å². The number of alkyl halides is 3. The fourth-order valence-electron chi connectivity index (χ4n) is 4.82. The molecule has 5 nitrogen and oxygen atoms in total. The first kappa shape index (κ1) is 26.5. The van der Waals surface area contributed by atoms with Gasteiger partial charge in [-0.25, -0.2) is 4.98 Å². The van der Waals surface area contributed by atoms with Gasteiger partial charge >= 0.3 is 12.1 Å². The highest BCUT2D eigenvalue weighted by molar-refractivity contribution is 5.68. The summed E-state index contributed by atoms with van der Waals surface area (Å²) in [5.41, 5.74) is 3.81. The van der Waals surface area contributed by atoms with E-state index < -0.39 is 17.7 Å². The third kappa shape index (κ3) is 6.42. The Morgan fingerprint density at radius 2 is 1.89 bits per heavy atom. The largest absolute Gasteiger partial charge is 0.494 e. The van der Waals surface area contributed by atoms with E-state index >= 15 is 0 Å². The quantitative estimate of drug-likeness (QED) is 0.305. The minimum Gasteiger partial charge on any atom is -0.494 e. The van der Waals surface area contributed by atoms with Crippen molar-refractivity contribution in [1.29, 1.82) is 0 Å². The number of benzene rings is 2. The number of aryl methyl sites for hydroxylation is 2. The lowest BCUT2D eigenvalue weighted by atomic mass is 9.98. The van der Waals surface area contributed by atoms with Crippen LogP contribution in [0.2, 0.25) is 0 Å². The zero-order chi connectivity index (χ0) is 26.6. The number of halogens is 3. The summed E-state index contributed by atoms with van der Waals surface area (Å²) >= 11 is 0. The molecule has 196 valence electrons. The summed E-state index contributed by atoms with van der Waals surface area (Å²) < 4.78 is 47.1. The fraction of sp³-hybridized carbons (Fsp3) is 0.379. The van der Waals surface area contributed by atoms with Crippen LogP contribution < -0.4 is 9.64 Å². The van der Waals surface area contributed by atoms with E-state index in [0.29, 0.717) is 31.0 Å². The third-order valence-corrected chi connectivity index (χ3v) is 6.84. The number of pyridine rings is 1. The van der Waals surface area contributed by atoms with Crippen molar-refractivity contribution in [3.63, 3.8) is 0 Å². The molecule has 8 heteroatoms. The third-order valence-electron chi connectivity index (χ3n) is 6.84. The number of hydrogen-bond donors (Lipinski definition) is 1. The van der Waals surface area contributed by atoms with Crippen molar-refractivity contribution in [3.8, 4) is 17.0 Å². The lowest BCUT2D eigenvalue weighted by molar-refractivity contribution is -0.138. The van der Waals surface area contributed by atoms with Gasteiger partial charge in [0.2, 0.25) is 0 Å². The first-order valence-corrected chi connectivity index (χ1v) is 12.5. The maximum atomic E-state index is 13.7. The van der Waals surface area contributed by atoms with Crippen LogP contribution in [0.1, 0.15) is 54.4 Å². The molecule has 1 N–H and O–H groups in total. The van der Waals surface area contributed by atoms with Gasteiger partial charge in [0.1, 0.15) is 11.6 Å². The molecule has 0 aliphatic heterocycles. The number of carboxylic acids is 1. The fourth-order valence-corrected chi connectivity index (χ4v) is 4.82. The number of aromatic nitrogens is 1. The number of nitrogens with zero attached hydrogens (tertiary/aromatic N) is 2. The Labute approximate surface area is 214 Å². The molecule has 1 atom stereocenters. The molecule has 0 spiro atoms. The van der Waals surface area contributed by atoms with Crippen LogP contribution in [0.3, 0.4) is 0 Å². The number of anilines is 1. The van der Waals surface area contributed by atoms with E-state index in [1.165, 1.54) is 11.0 Å². The predicted molar refractivity (Wildman–Crippen MR) is 137 cm³/mol. The van der Waals surface area contributed by atoms with Gasteiger partial charge in [-0.15, -0.1) is 0 Å². The average Bonchev–Trinajstić information content (AvgIpc) is 3.27. The Morgan fingerprint density at radius 3 is 2.57 bits per heavy atom. The highest BCUT2D eigenvalue weighted by Gasteiger charge is 2.35. The maximum absolute atomic E-state index is 13.7. The van der Waals surface area contributed by atoms with Gasteiger partial charge in [0.15, 0.2) is 0 Å². The van der Waals surface area contributed by atoms with Gasteiger partial charge in [0.25, 0.3) is 0 Å². The van der Waals surface area contributed by atoms with Gasteiger partial charge in [-0.05, 0) is 72.6 Å². The number of fused-ring (bicyclic) bond motifs is 1. The van der Waals surface area contributed by atoms with Crippen molar-refractivity contribution in [2.24, 2.45) is 0 Å². The molecule has 0 unspecified atom stereocenters. The van der Waals surface area contributed by atoms with E-state index in [4.69, 9.17) is 9.84 Å². The zero-order valence-electron chi connectivity index (χ0n) is 21.0. The molecule has 3 aromatic rings. The maximum Gasteiger partial charge on any atom is 0.419 e. The average molecular weight is 513 g/mol. The molecule has 2 aromatic carbocycles. The first-order chi connectivity index (χ1) is 17.7. The zero-order valence-corrected chi connectivity index (χ0v) is 21.0. The second-order valence-electron chi connectivity index (χ2n) is 9.43. The first-order valence-electron chi connectivity index (χ1n) is 12.5. The second-order valence-corrected chi connectivity index (χ2v) is 9.43.